The molecule has 0 bridgehead atoms. The number of ketones is 1. The lowest BCUT2D eigenvalue weighted by atomic mass is 9.77. The van der Waals surface area contributed by atoms with E-state index < -0.39 is 28.3 Å². The minimum atomic E-state index is -3.01. The number of carbonyl (C=O) groups excluding carboxylic acids is 1. The van der Waals surface area contributed by atoms with E-state index in [2.05, 4.69) is 16.8 Å². The highest BCUT2D eigenvalue weighted by molar-refractivity contribution is 7.91. The Balaban J connectivity index is 1.61. The summed E-state index contributed by atoms with van der Waals surface area (Å²) >= 11 is 0. The molecule has 2 aromatic rings. The molecule has 0 atom stereocenters. The molecule has 1 aromatic heterocycles. The highest BCUT2D eigenvalue weighted by Gasteiger charge is 2.41. The molecule has 2 aliphatic rings. The van der Waals surface area contributed by atoms with E-state index in [1.54, 1.807) is 11.0 Å². The number of sulfone groups is 1. The Morgan fingerprint density at radius 3 is 2.54 bits per heavy atom. The molecule has 1 saturated heterocycles. The van der Waals surface area contributed by atoms with Crippen molar-refractivity contribution in [2.24, 2.45) is 5.41 Å². The second-order valence-corrected chi connectivity index (χ2v) is 12.5. The number of aromatic nitrogens is 2. The van der Waals surface area contributed by atoms with Crippen LogP contribution in [0.4, 0.5) is 20.3 Å². The molecule has 10 heteroatoms. The monoisotopic (exact) mass is 505 g/mol. The van der Waals surface area contributed by atoms with Gasteiger partial charge in [0.2, 0.25) is 0 Å². The highest BCUT2D eigenvalue weighted by Crippen LogP contribution is 2.50. The molecule has 0 spiro atoms. The summed E-state index contributed by atoms with van der Waals surface area (Å²) in [7, 11) is -3.01. The molecule has 35 heavy (non-hydrogen) atoms. The van der Waals surface area contributed by atoms with Gasteiger partial charge in [-0.2, -0.15) is 5.10 Å². The molecule has 1 aromatic carbocycles. The Labute approximate surface area is 204 Å². The van der Waals surface area contributed by atoms with Crippen molar-refractivity contribution in [2.45, 2.75) is 51.9 Å². The fraction of sp³-hybridized carbons (Fsp3) is 0.480. The van der Waals surface area contributed by atoms with Crippen molar-refractivity contribution in [1.29, 1.82) is 0 Å². The van der Waals surface area contributed by atoms with Gasteiger partial charge in [0.15, 0.2) is 11.6 Å². The van der Waals surface area contributed by atoms with Gasteiger partial charge in [-0.1, -0.05) is 27.4 Å². The van der Waals surface area contributed by atoms with Crippen molar-refractivity contribution in [3.63, 3.8) is 0 Å². The van der Waals surface area contributed by atoms with Crippen LogP contribution in [0.5, 0.6) is 5.75 Å². The van der Waals surface area contributed by atoms with Gasteiger partial charge in [0.25, 0.3) is 6.43 Å². The normalized spacial score (nSPS) is 20.1. The number of carbonyl (C=O) groups is 1. The van der Waals surface area contributed by atoms with Crippen molar-refractivity contribution in [2.75, 3.05) is 23.0 Å². The quantitative estimate of drug-likeness (QED) is 0.497. The zero-order valence-corrected chi connectivity index (χ0v) is 20.9. The third-order valence-corrected chi connectivity index (χ3v) is 8.72. The third-order valence-electron chi connectivity index (χ3n) is 7.07. The number of rotatable bonds is 7. The average Bonchev–Trinajstić information content (AvgIpc) is 3.00. The zero-order chi connectivity index (χ0) is 25.6. The van der Waals surface area contributed by atoms with Crippen LogP contribution >= 0.6 is 0 Å². The van der Waals surface area contributed by atoms with Crippen LogP contribution in [-0.2, 0) is 15.3 Å². The average molecular weight is 506 g/mol. The number of Topliss-reactive ketones (excluding diaryl/α,β-unsaturated/α-hetero) is 1. The maximum Gasteiger partial charge on any atom is 0.272 e. The summed E-state index contributed by atoms with van der Waals surface area (Å²) in [4.78, 5) is 15.0. The Hall–Kier alpha value is -2.88. The van der Waals surface area contributed by atoms with Gasteiger partial charge in [-0.05, 0) is 42.0 Å². The predicted molar refractivity (Wildman–Crippen MR) is 129 cm³/mol. The first kappa shape index (κ1) is 25.2. The number of allylic oxidation sites excluding steroid dienone is 1. The number of anilines is 2. The van der Waals surface area contributed by atoms with E-state index >= 15 is 0 Å². The summed E-state index contributed by atoms with van der Waals surface area (Å²) in [5, 5.41) is 8.04. The Morgan fingerprint density at radius 2 is 1.89 bits per heavy atom. The van der Waals surface area contributed by atoms with Crippen LogP contribution in [0.25, 0.3) is 0 Å². The smallest absolute Gasteiger partial charge is 0.272 e. The minimum Gasteiger partial charge on any atom is -0.486 e. The highest BCUT2D eigenvalue weighted by atomic mass is 32.2. The molecule has 0 unspecified atom stereocenters. The molecule has 2 aliphatic heterocycles. The molecular formula is C25H29F2N3O4S. The van der Waals surface area contributed by atoms with E-state index in [0.717, 1.165) is 11.3 Å². The van der Waals surface area contributed by atoms with Crippen LogP contribution < -0.4 is 9.64 Å². The minimum absolute atomic E-state index is 0.0309. The van der Waals surface area contributed by atoms with Gasteiger partial charge in [0.1, 0.15) is 22.2 Å². The standard InChI is InChI=1S/C25H29F2N3O4S/c1-16-24(2,3)19-11-17(21(31)13-25(4)7-9-35(32,33)10-8-25)5-6-20(19)30(16)23-12-18(14-28-29-23)34-15-22(26)27/h5-6,11-12,14,22H,1,7-10,13,15H2,2-4H3. The first-order chi connectivity index (χ1) is 16.3. The topological polar surface area (TPSA) is 89.5 Å². The summed E-state index contributed by atoms with van der Waals surface area (Å²) in [6.45, 7) is 9.43. The summed E-state index contributed by atoms with van der Waals surface area (Å²) in [6.07, 6.45) is -0.101. The van der Waals surface area contributed by atoms with Gasteiger partial charge >= 0.3 is 0 Å². The molecule has 3 heterocycles. The lowest BCUT2D eigenvalue weighted by Crippen LogP contribution is -2.33. The molecule has 0 radical (unpaired) electrons. The van der Waals surface area contributed by atoms with Gasteiger partial charge in [0, 0.05) is 29.2 Å². The van der Waals surface area contributed by atoms with E-state index in [9.17, 15) is 22.0 Å². The van der Waals surface area contributed by atoms with E-state index in [0.29, 0.717) is 29.9 Å². The van der Waals surface area contributed by atoms with Gasteiger partial charge in [0.05, 0.1) is 23.4 Å². The number of hydrogen-bond acceptors (Lipinski definition) is 7. The number of fused-ring (bicyclic) bond motifs is 1. The third kappa shape index (κ3) is 5.07. The Kier molecular flexibility index (Phi) is 6.46. The van der Waals surface area contributed by atoms with Crippen LogP contribution in [-0.4, -0.2) is 48.9 Å². The lowest BCUT2D eigenvalue weighted by molar-refractivity contribution is 0.0816. The van der Waals surface area contributed by atoms with Crippen molar-refractivity contribution >= 4 is 27.1 Å². The molecule has 0 aliphatic carbocycles. The fourth-order valence-electron chi connectivity index (χ4n) is 4.63. The second-order valence-electron chi connectivity index (χ2n) is 10.2. The summed E-state index contributed by atoms with van der Waals surface area (Å²) in [5.74, 6) is 0.748. The van der Waals surface area contributed by atoms with Gasteiger partial charge in [-0.25, -0.2) is 17.2 Å². The lowest BCUT2D eigenvalue weighted by Gasteiger charge is -2.32. The van der Waals surface area contributed by atoms with E-state index in [-0.39, 0.29) is 34.9 Å². The van der Waals surface area contributed by atoms with Crippen molar-refractivity contribution in [3.05, 3.63) is 53.9 Å². The number of ether oxygens (including phenoxy) is 1. The molecular weight excluding hydrogens is 476 g/mol. The largest absolute Gasteiger partial charge is 0.486 e. The summed E-state index contributed by atoms with van der Waals surface area (Å²) < 4.78 is 53.8. The maximum atomic E-state index is 13.2. The maximum absolute atomic E-state index is 13.2. The van der Waals surface area contributed by atoms with E-state index in [1.807, 2.05) is 32.9 Å². The summed E-state index contributed by atoms with van der Waals surface area (Å²) in [6, 6.07) is 6.96. The van der Waals surface area contributed by atoms with Crippen LogP contribution in [0.1, 0.15) is 56.0 Å². The molecule has 188 valence electrons. The first-order valence-electron chi connectivity index (χ1n) is 11.4. The first-order valence-corrected chi connectivity index (χ1v) is 13.2. The molecule has 7 nitrogen and oxygen atoms in total. The molecule has 1 fully saturated rings. The van der Waals surface area contributed by atoms with E-state index in [1.165, 1.54) is 12.3 Å². The van der Waals surface area contributed by atoms with Gasteiger partial charge < -0.3 is 4.74 Å². The van der Waals surface area contributed by atoms with Gasteiger partial charge in [-0.15, -0.1) is 5.10 Å². The number of alkyl halides is 2. The van der Waals surface area contributed by atoms with Crippen molar-refractivity contribution in [1.82, 2.24) is 10.2 Å². The number of halogens is 2. The number of nitrogens with zero attached hydrogens (tertiary/aromatic N) is 3. The molecule has 0 amide bonds. The van der Waals surface area contributed by atoms with Crippen LogP contribution in [0.3, 0.4) is 0 Å². The Morgan fingerprint density at radius 1 is 1.20 bits per heavy atom. The molecule has 0 saturated carbocycles. The van der Waals surface area contributed by atoms with Gasteiger partial charge in [-0.3, -0.25) is 9.69 Å². The molecule has 4 rings (SSSR count). The zero-order valence-electron chi connectivity index (χ0n) is 20.1. The fourth-order valence-corrected chi connectivity index (χ4v) is 6.44. The Bertz CT molecular complexity index is 1260. The van der Waals surface area contributed by atoms with Crippen LogP contribution in [0.2, 0.25) is 0 Å². The second kappa shape index (κ2) is 8.96. The number of hydrogen-bond donors (Lipinski definition) is 0. The number of benzene rings is 1. The van der Waals surface area contributed by atoms with Crippen LogP contribution in [0.15, 0.2) is 42.7 Å². The van der Waals surface area contributed by atoms with Crippen LogP contribution in [0, 0.1) is 5.41 Å². The van der Waals surface area contributed by atoms with Crippen molar-refractivity contribution < 1.29 is 26.7 Å². The predicted octanol–water partition coefficient (Wildman–Crippen LogP) is 4.85. The SMILES string of the molecule is C=C1N(c2cc(OCC(F)F)cnn2)c2ccc(C(=O)CC3(C)CCS(=O)(=O)CC3)cc2C1(C)C. The summed E-state index contributed by atoms with van der Waals surface area (Å²) in [5.41, 5.74) is 2.02. The molecule has 0 N–H and O–H groups in total. The van der Waals surface area contributed by atoms with Crippen molar-refractivity contribution in [3.8, 4) is 5.75 Å². The van der Waals surface area contributed by atoms with E-state index in [4.69, 9.17) is 4.74 Å².